The first-order valence-corrected chi connectivity index (χ1v) is 16.7. The van der Waals surface area contributed by atoms with Crippen LogP contribution >= 0.6 is 11.6 Å². The Morgan fingerprint density at radius 3 is 2.27 bits per heavy atom. The number of fused-ring (bicyclic) bond motifs is 1. The molecule has 3 aliphatic rings. The average Bonchev–Trinajstić information content (AvgIpc) is 3.62. The summed E-state index contributed by atoms with van der Waals surface area (Å²) in [5.41, 5.74) is 2.86. The average molecular weight is 674 g/mol. The summed E-state index contributed by atoms with van der Waals surface area (Å²) in [5, 5.41) is 23.4. The molecule has 3 N–H and O–H groups in total. The van der Waals surface area contributed by atoms with Crippen LogP contribution in [0, 0.1) is 11.8 Å². The Morgan fingerprint density at radius 2 is 1.65 bits per heavy atom. The lowest BCUT2D eigenvalue weighted by molar-refractivity contribution is -0.163. The van der Waals surface area contributed by atoms with Gasteiger partial charge in [0.25, 0.3) is 5.91 Å². The Balaban J connectivity index is 1.15. The van der Waals surface area contributed by atoms with Gasteiger partial charge in [-0.25, -0.2) is 4.79 Å². The zero-order chi connectivity index (χ0) is 33.9. The SMILES string of the molecule is C[C@@H](O)[C@H]1C(=O)N2C(C(=O)O)=C(CN3CCCC3CNC(=O)c3ccc(OCc4ccccc4)c(OCc4ccccc4)c3Cl)[C@H](C)[C@H]12. The van der Waals surface area contributed by atoms with E-state index in [1.54, 1.807) is 19.1 Å². The summed E-state index contributed by atoms with van der Waals surface area (Å²) >= 11 is 6.85. The molecular weight excluding hydrogens is 634 g/mol. The molecule has 3 heterocycles. The summed E-state index contributed by atoms with van der Waals surface area (Å²) in [6.45, 7) is 5.44. The van der Waals surface area contributed by atoms with Crippen LogP contribution in [0.2, 0.25) is 5.02 Å². The van der Waals surface area contributed by atoms with Crippen molar-refractivity contribution >= 4 is 29.4 Å². The van der Waals surface area contributed by atoms with Crippen LogP contribution in [0.5, 0.6) is 11.5 Å². The van der Waals surface area contributed by atoms with Gasteiger partial charge in [0.2, 0.25) is 5.91 Å². The Hall–Kier alpha value is -4.38. The maximum absolute atomic E-state index is 13.5. The summed E-state index contributed by atoms with van der Waals surface area (Å²) < 4.78 is 12.2. The lowest BCUT2D eigenvalue weighted by Crippen LogP contribution is -2.63. The quantitative estimate of drug-likeness (QED) is 0.219. The predicted octanol–water partition coefficient (Wildman–Crippen LogP) is 4.89. The van der Waals surface area contributed by atoms with Gasteiger partial charge in [0.1, 0.15) is 18.9 Å². The number of aliphatic hydroxyl groups is 1. The number of amides is 2. The number of nitrogens with zero attached hydrogens (tertiary/aromatic N) is 2. The third kappa shape index (κ3) is 6.65. The third-order valence-corrected chi connectivity index (χ3v) is 10.0. The van der Waals surface area contributed by atoms with E-state index in [0.717, 1.165) is 30.5 Å². The standard InChI is InChI=1S/C37H40ClN3O7/c1-22-28(33(37(45)46)41-32(22)30(23(2)42)36(41)44)19-40-17-9-14-26(40)18-39-35(43)27-15-16-29(47-20-24-10-5-3-6-11-24)34(31(27)38)48-21-25-12-7-4-8-13-25/h3-8,10-13,15-16,22-23,26,30,32,42H,9,14,17-21H2,1-2H3,(H,39,43)(H,45,46)/t22-,23+,26?,30+,32+/m0/s1. The number of carboxylic acids is 1. The molecule has 3 aromatic rings. The molecule has 6 rings (SSSR count). The highest BCUT2D eigenvalue weighted by molar-refractivity contribution is 6.35. The highest BCUT2D eigenvalue weighted by atomic mass is 35.5. The van der Waals surface area contributed by atoms with Gasteiger partial charge in [-0.05, 0) is 55.1 Å². The second-order valence-electron chi connectivity index (χ2n) is 12.7. The number of aliphatic hydroxyl groups excluding tert-OH is 1. The molecule has 5 atom stereocenters. The van der Waals surface area contributed by atoms with Crippen LogP contribution in [0.1, 0.15) is 48.2 Å². The minimum Gasteiger partial charge on any atom is -0.485 e. The molecule has 2 amide bonds. The molecule has 48 heavy (non-hydrogen) atoms. The van der Waals surface area contributed by atoms with Gasteiger partial charge >= 0.3 is 5.97 Å². The fourth-order valence-electron chi connectivity index (χ4n) is 7.14. The van der Waals surface area contributed by atoms with Crippen molar-refractivity contribution in [2.45, 2.75) is 58.1 Å². The smallest absolute Gasteiger partial charge is 0.352 e. The number of carbonyl (C=O) groups is 3. The van der Waals surface area contributed by atoms with Crippen LogP contribution in [0.25, 0.3) is 0 Å². The number of benzene rings is 3. The number of hydrogen-bond acceptors (Lipinski definition) is 7. The number of carbonyl (C=O) groups excluding carboxylic acids is 2. The van der Waals surface area contributed by atoms with Crippen molar-refractivity contribution < 1.29 is 34.1 Å². The molecule has 10 nitrogen and oxygen atoms in total. The normalized spacial score (nSPS) is 22.7. The molecule has 0 saturated carbocycles. The first-order valence-electron chi connectivity index (χ1n) is 16.3. The molecule has 2 fully saturated rings. The van der Waals surface area contributed by atoms with Gasteiger partial charge in [-0.15, -0.1) is 0 Å². The minimum atomic E-state index is -1.14. The first-order chi connectivity index (χ1) is 23.2. The lowest BCUT2D eigenvalue weighted by Gasteiger charge is -2.46. The number of likely N-dealkylation sites (tertiary alicyclic amines) is 1. The second kappa shape index (κ2) is 14.4. The maximum atomic E-state index is 13.5. The monoisotopic (exact) mass is 673 g/mol. The third-order valence-electron chi connectivity index (χ3n) is 9.66. The van der Waals surface area contributed by atoms with Crippen molar-refractivity contribution in [2.75, 3.05) is 19.6 Å². The van der Waals surface area contributed by atoms with Crippen molar-refractivity contribution in [3.8, 4) is 11.5 Å². The molecule has 3 aromatic carbocycles. The number of ether oxygens (including phenoxy) is 2. The van der Waals surface area contributed by atoms with Crippen molar-refractivity contribution in [3.63, 3.8) is 0 Å². The fraction of sp³-hybridized carbons (Fsp3) is 0.378. The van der Waals surface area contributed by atoms with Gasteiger partial charge in [0, 0.05) is 25.0 Å². The van der Waals surface area contributed by atoms with Gasteiger partial charge in [-0.1, -0.05) is 79.2 Å². The molecule has 0 spiro atoms. The number of nitrogens with one attached hydrogen (secondary N) is 1. The van der Waals surface area contributed by atoms with Crippen LogP contribution < -0.4 is 14.8 Å². The number of rotatable bonds is 13. The molecule has 2 saturated heterocycles. The number of β-lactam (4-membered cyclic amide) rings is 1. The van der Waals surface area contributed by atoms with E-state index in [-0.39, 0.29) is 58.5 Å². The van der Waals surface area contributed by atoms with Crippen molar-refractivity contribution in [2.24, 2.45) is 11.8 Å². The van der Waals surface area contributed by atoms with Gasteiger partial charge in [0.05, 0.1) is 28.6 Å². The molecule has 0 aromatic heterocycles. The number of halogens is 1. The lowest BCUT2D eigenvalue weighted by atomic mass is 9.77. The number of hydrogen-bond donors (Lipinski definition) is 3. The van der Waals surface area contributed by atoms with E-state index in [9.17, 15) is 24.6 Å². The Bertz CT molecular complexity index is 1700. The van der Waals surface area contributed by atoms with Gasteiger partial charge in [-0.3, -0.25) is 14.5 Å². The highest BCUT2D eigenvalue weighted by Crippen LogP contribution is 2.47. The molecule has 252 valence electrons. The van der Waals surface area contributed by atoms with Crippen LogP contribution in [-0.4, -0.2) is 75.6 Å². The Labute approximate surface area is 284 Å². The zero-order valence-corrected chi connectivity index (χ0v) is 27.7. The van der Waals surface area contributed by atoms with Gasteiger partial charge in [0.15, 0.2) is 11.5 Å². The van der Waals surface area contributed by atoms with E-state index in [1.165, 1.54) is 4.90 Å². The number of carboxylic acid groups (broad SMARTS) is 1. The zero-order valence-electron chi connectivity index (χ0n) is 27.0. The van der Waals surface area contributed by atoms with E-state index in [0.29, 0.717) is 31.0 Å². The molecule has 0 bridgehead atoms. The summed E-state index contributed by atoms with van der Waals surface area (Å²) in [6.07, 6.45) is 0.850. The molecular formula is C37H40ClN3O7. The molecule has 0 radical (unpaired) electrons. The minimum absolute atomic E-state index is 0.0217. The van der Waals surface area contributed by atoms with Gasteiger partial charge < -0.3 is 29.9 Å². The Morgan fingerprint density at radius 1 is 1.00 bits per heavy atom. The summed E-state index contributed by atoms with van der Waals surface area (Å²) in [5.74, 6) is -1.96. The molecule has 1 unspecified atom stereocenters. The molecule has 11 heteroatoms. The van der Waals surface area contributed by atoms with Crippen LogP contribution in [0.15, 0.2) is 84.1 Å². The van der Waals surface area contributed by atoms with Crippen molar-refractivity contribution in [1.82, 2.24) is 15.1 Å². The summed E-state index contributed by atoms with van der Waals surface area (Å²) in [7, 11) is 0. The van der Waals surface area contributed by atoms with E-state index in [2.05, 4.69) is 10.2 Å². The highest BCUT2D eigenvalue weighted by Gasteiger charge is 2.59. The Kier molecular flexibility index (Phi) is 10.1. The fourth-order valence-corrected chi connectivity index (χ4v) is 7.44. The van der Waals surface area contributed by atoms with E-state index < -0.39 is 18.0 Å². The second-order valence-corrected chi connectivity index (χ2v) is 13.1. The van der Waals surface area contributed by atoms with E-state index in [1.807, 2.05) is 67.6 Å². The van der Waals surface area contributed by atoms with Crippen LogP contribution in [-0.2, 0) is 22.8 Å². The van der Waals surface area contributed by atoms with Crippen LogP contribution in [0.4, 0.5) is 0 Å². The predicted molar refractivity (Wildman–Crippen MR) is 180 cm³/mol. The van der Waals surface area contributed by atoms with Crippen molar-refractivity contribution in [3.05, 3.63) is 106 Å². The van der Waals surface area contributed by atoms with E-state index in [4.69, 9.17) is 21.1 Å². The van der Waals surface area contributed by atoms with Crippen molar-refractivity contribution in [1.29, 1.82) is 0 Å². The van der Waals surface area contributed by atoms with Crippen LogP contribution in [0.3, 0.4) is 0 Å². The molecule has 0 aliphatic carbocycles. The van der Waals surface area contributed by atoms with Gasteiger partial charge in [-0.2, -0.15) is 0 Å². The topological polar surface area (TPSA) is 129 Å². The maximum Gasteiger partial charge on any atom is 0.352 e. The number of aliphatic carboxylic acids is 1. The first kappa shape index (κ1) is 33.5. The summed E-state index contributed by atoms with van der Waals surface area (Å²) in [4.78, 5) is 42.1. The summed E-state index contributed by atoms with van der Waals surface area (Å²) in [6, 6.07) is 22.3. The van der Waals surface area contributed by atoms with E-state index >= 15 is 0 Å². The molecule has 3 aliphatic heterocycles. The largest absolute Gasteiger partial charge is 0.485 e.